The molecule has 0 unspecified atom stereocenters. The van der Waals surface area contributed by atoms with Gasteiger partial charge in [0.2, 0.25) is 11.8 Å². The van der Waals surface area contributed by atoms with Crippen LogP contribution in [0.2, 0.25) is 0 Å². The Morgan fingerprint density at radius 2 is 1.85 bits per heavy atom. The van der Waals surface area contributed by atoms with E-state index in [2.05, 4.69) is 12.2 Å². The number of carbonyl (C=O) groups excluding carboxylic acids is 2. The highest BCUT2D eigenvalue weighted by molar-refractivity contribution is 7.09. The largest absolute Gasteiger partial charge is 0.354 e. The highest BCUT2D eigenvalue weighted by Gasteiger charge is 2.23. The molecule has 27 heavy (non-hydrogen) atoms. The first kappa shape index (κ1) is 21.7. The van der Waals surface area contributed by atoms with Crippen LogP contribution in [0, 0.1) is 19.8 Å². The minimum absolute atomic E-state index is 0.0779. The number of nitrogens with zero attached hydrogens (tertiary/aromatic N) is 2. The normalized spacial score (nSPS) is 15.1. The third-order valence-corrected chi connectivity index (χ3v) is 6.47. The zero-order valence-electron chi connectivity index (χ0n) is 16.9. The van der Waals surface area contributed by atoms with Crippen molar-refractivity contribution >= 4 is 23.2 Å². The number of amides is 2. The van der Waals surface area contributed by atoms with Gasteiger partial charge in [-0.1, -0.05) is 37.5 Å². The topological polar surface area (TPSA) is 71.4 Å². The number of hydrogen-bond acceptors (Lipinski definition) is 4. The third-order valence-electron chi connectivity index (χ3n) is 5.48. The summed E-state index contributed by atoms with van der Waals surface area (Å²) in [5.41, 5.74) is 0.867. The molecule has 2 heterocycles. The summed E-state index contributed by atoms with van der Waals surface area (Å²) in [4.78, 5) is 39.1. The molecule has 0 atom stereocenters. The van der Waals surface area contributed by atoms with Gasteiger partial charge in [-0.3, -0.25) is 19.0 Å². The molecule has 0 saturated carbocycles. The minimum Gasteiger partial charge on any atom is -0.354 e. The van der Waals surface area contributed by atoms with E-state index in [0.717, 1.165) is 49.3 Å². The molecule has 0 aliphatic carbocycles. The van der Waals surface area contributed by atoms with Gasteiger partial charge < -0.3 is 10.2 Å². The van der Waals surface area contributed by atoms with E-state index in [4.69, 9.17) is 0 Å². The number of piperidine rings is 1. The Hall–Kier alpha value is -1.63. The van der Waals surface area contributed by atoms with Crippen molar-refractivity contribution in [1.82, 2.24) is 14.8 Å². The highest BCUT2D eigenvalue weighted by atomic mass is 32.1. The van der Waals surface area contributed by atoms with Crippen LogP contribution in [0.15, 0.2) is 4.79 Å². The zero-order chi connectivity index (χ0) is 19.8. The van der Waals surface area contributed by atoms with Crippen molar-refractivity contribution in [2.24, 2.45) is 5.92 Å². The van der Waals surface area contributed by atoms with Crippen LogP contribution in [0.4, 0.5) is 0 Å². The molecular formula is C20H33N3O3S. The smallest absolute Gasteiger partial charge is 0.308 e. The lowest BCUT2D eigenvalue weighted by Gasteiger charge is -2.32. The van der Waals surface area contributed by atoms with Crippen molar-refractivity contribution in [2.75, 3.05) is 19.6 Å². The van der Waals surface area contributed by atoms with Gasteiger partial charge in [0.1, 0.15) is 6.54 Å². The van der Waals surface area contributed by atoms with Crippen molar-refractivity contribution in [3.63, 3.8) is 0 Å². The summed E-state index contributed by atoms with van der Waals surface area (Å²) in [6, 6.07) is 0. The molecule has 1 aromatic heterocycles. The maximum Gasteiger partial charge on any atom is 0.308 e. The maximum atomic E-state index is 12.2. The first-order valence-corrected chi connectivity index (χ1v) is 10.9. The second-order valence-corrected chi connectivity index (χ2v) is 8.70. The Morgan fingerprint density at radius 3 is 2.44 bits per heavy atom. The Labute approximate surface area is 165 Å². The van der Waals surface area contributed by atoms with Gasteiger partial charge >= 0.3 is 4.87 Å². The first-order valence-electron chi connectivity index (χ1n) is 10.1. The summed E-state index contributed by atoms with van der Waals surface area (Å²) in [5, 5.41) is 2.96. The molecule has 1 aromatic rings. The number of thiazole rings is 1. The average Bonchev–Trinajstić information content (AvgIpc) is 2.90. The Kier molecular flexibility index (Phi) is 8.54. The van der Waals surface area contributed by atoms with Crippen LogP contribution in [-0.2, 0) is 16.1 Å². The van der Waals surface area contributed by atoms with Crippen LogP contribution in [0.1, 0.15) is 62.4 Å². The van der Waals surface area contributed by atoms with Crippen LogP contribution >= 0.6 is 11.3 Å². The molecule has 0 bridgehead atoms. The third kappa shape index (κ3) is 6.48. The van der Waals surface area contributed by atoms with Crippen LogP contribution in [0.25, 0.3) is 0 Å². The predicted octanol–water partition coefficient (Wildman–Crippen LogP) is 2.85. The van der Waals surface area contributed by atoms with E-state index in [9.17, 15) is 14.4 Å². The molecule has 0 spiro atoms. The van der Waals surface area contributed by atoms with E-state index in [1.54, 1.807) is 0 Å². The van der Waals surface area contributed by atoms with Gasteiger partial charge in [-0.25, -0.2) is 0 Å². The molecule has 2 amide bonds. The molecule has 0 aromatic carbocycles. The maximum absolute atomic E-state index is 12.2. The van der Waals surface area contributed by atoms with Gasteiger partial charge in [0, 0.05) is 36.6 Å². The lowest BCUT2D eigenvalue weighted by molar-refractivity contribution is -0.133. The number of carbonyl (C=O) groups is 2. The van der Waals surface area contributed by atoms with Gasteiger partial charge in [0.15, 0.2) is 0 Å². The summed E-state index contributed by atoms with van der Waals surface area (Å²) in [7, 11) is 0. The summed E-state index contributed by atoms with van der Waals surface area (Å²) >= 11 is 1.18. The number of aryl methyl sites for hydroxylation is 1. The van der Waals surface area contributed by atoms with E-state index in [-0.39, 0.29) is 23.2 Å². The highest BCUT2D eigenvalue weighted by Crippen LogP contribution is 2.18. The van der Waals surface area contributed by atoms with E-state index in [0.29, 0.717) is 18.9 Å². The number of likely N-dealkylation sites (tertiary alicyclic amines) is 1. The Morgan fingerprint density at radius 1 is 1.15 bits per heavy atom. The number of aromatic nitrogens is 1. The fourth-order valence-electron chi connectivity index (χ4n) is 3.48. The summed E-state index contributed by atoms with van der Waals surface area (Å²) < 4.78 is 1.54. The molecule has 1 N–H and O–H groups in total. The van der Waals surface area contributed by atoms with Gasteiger partial charge in [-0.05, 0) is 39.0 Å². The van der Waals surface area contributed by atoms with E-state index in [1.165, 1.54) is 28.7 Å². The van der Waals surface area contributed by atoms with Crippen molar-refractivity contribution < 1.29 is 9.59 Å². The summed E-state index contributed by atoms with van der Waals surface area (Å²) in [6.45, 7) is 8.22. The molecule has 152 valence electrons. The average molecular weight is 396 g/mol. The molecule has 1 aliphatic rings. The minimum atomic E-state index is -0.118. The monoisotopic (exact) mass is 395 g/mol. The number of unbranched alkanes of at least 4 members (excludes halogenated alkanes) is 3. The van der Waals surface area contributed by atoms with Gasteiger partial charge in [0.05, 0.1) is 0 Å². The second-order valence-electron chi connectivity index (χ2n) is 7.53. The lowest BCUT2D eigenvalue weighted by atomic mass is 9.96. The number of hydrogen-bond donors (Lipinski definition) is 1. The first-order chi connectivity index (χ1) is 12.9. The van der Waals surface area contributed by atoms with E-state index < -0.39 is 0 Å². The van der Waals surface area contributed by atoms with Crippen LogP contribution < -0.4 is 10.2 Å². The van der Waals surface area contributed by atoms with Crippen LogP contribution in [0.5, 0.6) is 0 Å². The van der Waals surface area contributed by atoms with E-state index in [1.807, 2.05) is 18.7 Å². The molecule has 1 fully saturated rings. The number of nitrogens with one attached hydrogen (secondary N) is 1. The molecule has 1 saturated heterocycles. The Balaban J connectivity index is 1.67. The fraction of sp³-hybridized carbons (Fsp3) is 0.750. The molecule has 6 nitrogen and oxygen atoms in total. The van der Waals surface area contributed by atoms with E-state index >= 15 is 0 Å². The van der Waals surface area contributed by atoms with Crippen LogP contribution in [0.3, 0.4) is 0 Å². The predicted molar refractivity (Wildman–Crippen MR) is 109 cm³/mol. The SMILES string of the molecule is CCCCCCC(=O)N1CCC(CNC(=O)Cn2c(C)c(C)sc2=O)CC1. The van der Waals surface area contributed by atoms with Gasteiger partial charge in [-0.15, -0.1) is 0 Å². The van der Waals surface area contributed by atoms with Crippen molar-refractivity contribution in [2.45, 2.75) is 72.3 Å². The van der Waals surface area contributed by atoms with Crippen LogP contribution in [-0.4, -0.2) is 40.9 Å². The van der Waals surface area contributed by atoms with Crippen molar-refractivity contribution in [1.29, 1.82) is 0 Å². The fourth-order valence-corrected chi connectivity index (χ4v) is 4.31. The Bertz CT molecular complexity index is 687. The quantitative estimate of drug-likeness (QED) is 0.654. The summed E-state index contributed by atoms with van der Waals surface area (Å²) in [6.07, 6.45) is 7.03. The van der Waals surface area contributed by atoms with Gasteiger partial charge in [-0.2, -0.15) is 0 Å². The van der Waals surface area contributed by atoms with Crippen molar-refractivity contribution in [3.05, 3.63) is 20.2 Å². The molecule has 1 aliphatic heterocycles. The lowest BCUT2D eigenvalue weighted by Crippen LogP contribution is -2.42. The molecule has 7 heteroatoms. The number of rotatable bonds is 9. The molecule has 0 radical (unpaired) electrons. The molecular weight excluding hydrogens is 362 g/mol. The second kappa shape index (κ2) is 10.6. The molecule has 2 rings (SSSR count). The van der Waals surface area contributed by atoms with Crippen molar-refractivity contribution in [3.8, 4) is 0 Å². The zero-order valence-corrected chi connectivity index (χ0v) is 17.7. The summed E-state index contributed by atoms with van der Waals surface area (Å²) in [5.74, 6) is 0.559. The standard InChI is InChI=1S/C20H33N3O3S/c1-4-5-6-7-8-19(25)22-11-9-17(10-12-22)13-21-18(24)14-23-15(2)16(3)27-20(23)26/h17H,4-14H2,1-3H3,(H,21,24). The van der Waals surface area contributed by atoms with Gasteiger partial charge in [0.25, 0.3) is 0 Å².